The predicted octanol–water partition coefficient (Wildman–Crippen LogP) is 2.14. The van der Waals surface area contributed by atoms with E-state index in [1.54, 1.807) is 31.2 Å². The molecule has 0 radical (unpaired) electrons. The largest absolute Gasteiger partial charge is 0.451 e. The summed E-state index contributed by atoms with van der Waals surface area (Å²) in [7, 11) is -3.55. The minimum absolute atomic E-state index is 0.295. The molecule has 0 bridgehead atoms. The Morgan fingerprint density at radius 3 is 2.54 bits per heavy atom. The second kappa shape index (κ2) is 7.23. The molecular formula is C14H14ClF3N4O3S. The van der Waals surface area contributed by atoms with Crippen LogP contribution in [0.2, 0.25) is 5.02 Å². The zero-order valence-electron chi connectivity index (χ0n) is 13.6. The number of benzene rings is 1. The number of aromatic nitrogens is 3. The molecule has 0 aliphatic heterocycles. The Hall–Kier alpha value is -2.14. The van der Waals surface area contributed by atoms with Crippen molar-refractivity contribution in [3.63, 3.8) is 0 Å². The van der Waals surface area contributed by atoms with E-state index in [1.165, 1.54) is 0 Å². The molecule has 0 aliphatic rings. The summed E-state index contributed by atoms with van der Waals surface area (Å²) in [5, 5.41) is 7.86. The highest BCUT2D eigenvalue weighted by Gasteiger charge is 2.39. The van der Waals surface area contributed by atoms with Crippen LogP contribution in [-0.4, -0.2) is 34.8 Å². The van der Waals surface area contributed by atoms with Gasteiger partial charge in [-0.1, -0.05) is 23.7 Å². The normalized spacial score (nSPS) is 13.5. The average Bonchev–Trinajstić information content (AvgIpc) is 2.89. The molecule has 12 heteroatoms. The number of hydrogen-bond donors (Lipinski definition) is 1. The first-order valence-electron chi connectivity index (χ1n) is 7.16. The van der Waals surface area contributed by atoms with Gasteiger partial charge in [-0.2, -0.15) is 13.2 Å². The number of rotatable bonds is 5. The molecule has 142 valence electrons. The fraction of sp³-hybridized carbons (Fsp3) is 0.357. The number of nitrogens with zero attached hydrogens (tertiary/aromatic N) is 3. The zero-order chi connectivity index (χ0) is 19.7. The number of carbonyl (C=O) groups is 1. The van der Waals surface area contributed by atoms with Crippen molar-refractivity contribution >= 4 is 27.3 Å². The fourth-order valence-electron chi connectivity index (χ4n) is 2.21. The summed E-state index contributed by atoms with van der Waals surface area (Å²) in [5.74, 6) is -3.43. The Labute approximate surface area is 152 Å². The van der Waals surface area contributed by atoms with E-state index in [9.17, 15) is 26.4 Å². The Bertz CT molecular complexity index is 928. The van der Waals surface area contributed by atoms with Crippen molar-refractivity contribution in [2.24, 2.45) is 7.05 Å². The molecule has 7 nitrogen and oxygen atoms in total. The first-order chi connectivity index (χ1) is 11.9. The molecule has 0 fully saturated rings. The smallest absolute Gasteiger partial charge is 0.349 e. The lowest BCUT2D eigenvalue weighted by Crippen LogP contribution is -2.33. The van der Waals surface area contributed by atoms with E-state index < -0.39 is 44.7 Å². The molecule has 1 atom stereocenters. The molecule has 1 N–H and O–H groups in total. The fourth-order valence-corrected chi connectivity index (χ4v) is 3.64. The monoisotopic (exact) mass is 410 g/mol. The molecule has 26 heavy (non-hydrogen) atoms. The van der Waals surface area contributed by atoms with Gasteiger partial charge >= 0.3 is 6.18 Å². The maximum atomic E-state index is 12.7. The van der Waals surface area contributed by atoms with Gasteiger partial charge in [0.1, 0.15) is 5.75 Å². The van der Waals surface area contributed by atoms with Gasteiger partial charge in [-0.15, -0.1) is 10.2 Å². The van der Waals surface area contributed by atoms with E-state index in [4.69, 9.17) is 11.6 Å². The van der Waals surface area contributed by atoms with Gasteiger partial charge in [0.2, 0.25) is 26.7 Å². The van der Waals surface area contributed by atoms with Crippen molar-refractivity contribution in [1.82, 2.24) is 20.1 Å². The Kier molecular flexibility index (Phi) is 5.61. The van der Waals surface area contributed by atoms with Gasteiger partial charge in [0, 0.05) is 12.1 Å². The highest BCUT2D eigenvalue weighted by Crippen LogP contribution is 2.28. The standard InChI is InChI=1S/C14H14ClF3N4O3S/c1-8(9-4-3-5-10(15)6-9)19-11(23)7-26(24,25)13-21-20-12(22(13)2)14(16,17)18/h3-6,8H,7H2,1-2H3,(H,19,23). The van der Waals surface area contributed by atoms with Crippen molar-refractivity contribution in [2.75, 3.05) is 5.75 Å². The third-order valence-electron chi connectivity index (χ3n) is 3.41. The van der Waals surface area contributed by atoms with Crippen LogP contribution in [0.15, 0.2) is 29.4 Å². The minimum Gasteiger partial charge on any atom is -0.349 e. The summed E-state index contributed by atoms with van der Waals surface area (Å²) in [5.41, 5.74) is 0.640. The first-order valence-corrected chi connectivity index (χ1v) is 9.19. The molecule has 2 aromatic rings. The first kappa shape index (κ1) is 20.2. The van der Waals surface area contributed by atoms with Gasteiger partial charge < -0.3 is 5.32 Å². The molecule has 0 saturated carbocycles. The van der Waals surface area contributed by atoms with Crippen molar-refractivity contribution in [3.05, 3.63) is 40.7 Å². The Morgan fingerprint density at radius 1 is 1.35 bits per heavy atom. The molecule has 1 amide bonds. The average molecular weight is 411 g/mol. The second-order valence-corrected chi connectivity index (χ2v) is 7.79. The summed E-state index contributed by atoms with van der Waals surface area (Å²) in [4.78, 5) is 12.0. The van der Waals surface area contributed by atoms with Crippen LogP contribution >= 0.6 is 11.6 Å². The van der Waals surface area contributed by atoms with Gasteiger partial charge in [0.25, 0.3) is 0 Å². The van der Waals surface area contributed by atoms with Crippen molar-refractivity contribution in [2.45, 2.75) is 24.3 Å². The molecule has 1 aromatic heterocycles. The summed E-state index contributed by atoms with van der Waals surface area (Å²) in [6.45, 7) is 1.61. The SMILES string of the molecule is CC(NC(=O)CS(=O)(=O)c1nnc(C(F)(F)F)n1C)c1cccc(Cl)c1. The van der Waals surface area contributed by atoms with Crippen LogP contribution in [0.4, 0.5) is 13.2 Å². The molecule has 0 saturated heterocycles. The van der Waals surface area contributed by atoms with Gasteiger partial charge in [-0.25, -0.2) is 8.42 Å². The van der Waals surface area contributed by atoms with Crippen molar-refractivity contribution in [1.29, 1.82) is 0 Å². The molecule has 1 heterocycles. The van der Waals surface area contributed by atoms with Crippen molar-refractivity contribution in [3.8, 4) is 0 Å². The van der Waals surface area contributed by atoms with Crippen LogP contribution in [0.25, 0.3) is 0 Å². The molecule has 0 aliphatic carbocycles. The van der Waals surface area contributed by atoms with E-state index >= 15 is 0 Å². The van der Waals surface area contributed by atoms with Crippen LogP contribution < -0.4 is 5.32 Å². The third-order valence-corrected chi connectivity index (χ3v) is 5.20. The lowest BCUT2D eigenvalue weighted by molar-refractivity contribution is -0.147. The summed E-state index contributed by atoms with van der Waals surface area (Å²) < 4.78 is 62.8. The molecule has 2 rings (SSSR count). The molecular weight excluding hydrogens is 397 g/mol. The number of alkyl halides is 3. The Morgan fingerprint density at radius 2 is 2.00 bits per heavy atom. The van der Waals surface area contributed by atoms with Crippen LogP contribution in [0, 0.1) is 0 Å². The quantitative estimate of drug-likeness (QED) is 0.815. The van der Waals surface area contributed by atoms with Gasteiger partial charge in [0.05, 0.1) is 6.04 Å². The second-order valence-electron chi connectivity index (χ2n) is 5.47. The molecule has 1 aromatic carbocycles. The van der Waals surface area contributed by atoms with Gasteiger partial charge in [0.15, 0.2) is 0 Å². The number of hydrogen-bond acceptors (Lipinski definition) is 5. The Balaban J connectivity index is 2.14. The maximum Gasteiger partial charge on any atom is 0.451 e. The number of halogens is 4. The minimum atomic E-state index is -4.86. The summed E-state index contributed by atoms with van der Waals surface area (Å²) >= 11 is 5.85. The number of carbonyl (C=O) groups excluding carboxylic acids is 1. The zero-order valence-corrected chi connectivity index (χ0v) is 15.2. The number of sulfone groups is 1. The maximum absolute atomic E-state index is 12.7. The van der Waals surface area contributed by atoms with E-state index in [-0.39, 0.29) is 0 Å². The van der Waals surface area contributed by atoms with E-state index in [0.717, 1.165) is 7.05 Å². The predicted molar refractivity (Wildman–Crippen MR) is 86.1 cm³/mol. The highest BCUT2D eigenvalue weighted by atomic mass is 35.5. The summed E-state index contributed by atoms with van der Waals surface area (Å²) in [6, 6.07) is 6.02. The van der Waals surface area contributed by atoms with Crippen LogP contribution in [-0.2, 0) is 27.9 Å². The van der Waals surface area contributed by atoms with E-state index in [1.807, 2.05) is 0 Å². The summed E-state index contributed by atoms with van der Waals surface area (Å²) in [6.07, 6.45) is -4.86. The van der Waals surface area contributed by atoms with E-state index in [0.29, 0.717) is 15.2 Å². The van der Waals surface area contributed by atoms with E-state index in [2.05, 4.69) is 15.5 Å². The van der Waals surface area contributed by atoms with Crippen molar-refractivity contribution < 1.29 is 26.4 Å². The lowest BCUT2D eigenvalue weighted by atomic mass is 10.1. The lowest BCUT2D eigenvalue weighted by Gasteiger charge is -2.14. The van der Waals surface area contributed by atoms with Crippen LogP contribution in [0.5, 0.6) is 0 Å². The third kappa shape index (κ3) is 4.52. The van der Waals surface area contributed by atoms with Crippen LogP contribution in [0.1, 0.15) is 24.4 Å². The number of amides is 1. The topological polar surface area (TPSA) is 93.9 Å². The molecule has 1 unspecified atom stereocenters. The van der Waals surface area contributed by atoms with Crippen LogP contribution in [0.3, 0.4) is 0 Å². The van der Waals surface area contributed by atoms with Gasteiger partial charge in [-0.3, -0.25) is 9.36 Å². The van der Waals surface area contributed by atoms with Gasteiger partial charge in [-0.05, 0) is 24.6 Å². The number of nitrogens with one attached hydrogen (secondary N) is 1. The molecule has 0 spiro atoms. The highest BCUT2D eigenvalue weighted by molar-refractivity contribution is 7.91.